The smallest absolute Gasteiger partial charge is 0.221 e. The molecule has 2 atom stereocenters. The summed E-state index contributed by atoms with van der Waals surface area (Å²) < 4.78 is 11.7. The van der Waals surface area contributed by atoms with Gasteiger partial charge in [-0.1, -0.05) is 0 Å². The second-order valence-electron chi connectivity index (χ2n) is 7.11. The number of rotatable bonds is 4. The molecule has 23 heavy (non-hydrogen) atoms. The van der Waals surface area contributed by atoms with Gasteiger partial charge in [0, 0.05) is 38.2 Å². The Bertz CT molecular complexity index is 547. The van der Waals surface area contributed by atoms with Crippen LogP contribution in [-0.4, -0.2) is 57.7 Å². The summed E-state index contributed by atoms with van der Waals surface area (Å²) >= 11 is 0. The van der Waals surface area contributed by atoms with Crippen molar-refractivity contribution in [3.8, 4) is 5.88 Å². The topological polar surface area (TPSA) is 79.7 Å². The van der Waals surface area contributed by atoms with Gasteiger partial charge in [-0.15, -0.1) is 0 Å². The minimum absolute atomic E-state index is 0.00847. The van der Waals surface area contributed by atoms with Crippen LogP contribution < -0.4 is 10.1 Å². The van der Waals surface area contributed by atoms with Crippen molar-refractivity contribution >= 4 is 0 Å². The average Bonchev–Trinajstić information content (AvgIpc) is 2.95. The molecule has 2 aliphatic heterocycles. The van der Waals surface area contributed by atoms with Gasteiger partial charge in [-0.3, -0.25) is 4.90 Å². The van der Waals surface area contributed by atoms with Crippen molar-refractivity contribution in [1.29, 1.82) is 0 Å². The highest BCUT2D eigenvalue weighted by molar-refractivity contribution is 5.31. The first-order chi connectivity index (χ1) is 10.9. The lowest BCUT2D eigenvalue weighted by Gasteiger charge is -2.29. The molecule has 128 valence electrons. The van der Waals surface area contributed by atoms with Crippen molar-refractivity contribution in [2.24, 2.45) is 0 Å². The maximum Gasteiger partial charge on any atom is 0.221 e. The number of nitrogens with one attached hydrogen (secondary N) is 1. The van der Waals surface area contributed by atoms with Crippen LogP contribution in [-0.2, 0) is 17.7 Å². The molecule has 0 aliphatic carbocycles. The highest BCUT2D eigenvalue weighted by Gasteiger charge is 2.32. The quantitative estimate of drug-likeness (QED) is 0.789. The summed E-state index contributed by atoms with van der Waals surface area (Å²) in [4.78, 5) is 10.5. The molecular weight excluding hydrogens is 296 g/mol. The fourth-order valence-electron chi connectivity index (χ4n) is 2.94. The van der Waals surface area contributed by atoms with E-state index in [1.165, 1.54) is 0 Å². The molecule has 3 heterocycles. The van der Waals surface area contributed by atoms with Gasteiger partial charge >= 0.3 is 0 Å². The number of aliphatic hydroxyl groups is 1. The van der Waals surface area contributed by atoms with Crippen molar-refractivity contribution in [3.05, 3.63) is 17.6 Å². The summed E-state index contributed by atoms with van der Waals surface area (Å²) in [5, 5.41) is 13.5. The van der Waals surface area contributed by atoms with E-state index in [9.17, 15) is 5.11 Å². The van der Waals surface area contributed by atoms with Crippen LogP contribution in [0.4, 0.5) is 0 Å². The van der Waals surface area contributed by atoms with Gasteiger partial charge in [0.25, 0.3) is 0 Å². The molecule has 0 amide bonds. The summed E-state index contributed by atoms with van der Waals surface area (Å²) in [6, 6.07) is 0. The SMILES string of the molecule is CC(C)(C)OC(O)N1CCC(Oc2ncnc3c2CNCC3)C1. The first-order valence-electron chi connectivity index (χ1n) is 8.22. The highest BCUT2D eigenvalue weighted by Crippen LogP contribution is 2.25. The molecule has 7 heteroatoms. The van der Waals surface area contributed by atoms with E-state index in [0.29, 0.717) is 12.4 Å². The van der Waals surface area contributed by atoms with Crippen LogP contribution in [0.2, 0.25) is 0 Å². The third-order valence-electron chi connectivity index (χ3n) is 4.06. The van der Waals surface area contributed by atoms with E-state index in [1.54, 1.807) is 6.33 Å². The highest BCUT2D eigenvalue weighted by atomic mass is 16.6. The Morgan fingerprint density at radius 2 is 2.22 bits per heavy atom. The minimum Gasteiger partial charge on any atom is -0.473 e. The monoisotopic (exact) mass is 322 g/mol. The third-order valence-corrected chi connectivity index (χ3v) is 4.06. The van der Waals surface area contributed by atoms with Crippen molar-refractivity contribution in [1.82, 2.24) is 20.2 Å². The van der Waals surface area contributed by atoms with E-state index >= 15 is 0 Å². The summed E-state index contributed by atoms with van der Waals surface area (Å²) in [6.45, 7) is 8.85. The number of ether oxygens (including phenoxy) is 2. The van der Waals surface area contributed by atoms with E-state index in [-0.39, 0.29) is 11.7 Å². The third kappa shape index (κ3) is 4.17. The van der Waals surface area contributed by atoms with Crippen LogP contribution in [0.15, 0.2) is 6.33 Å². The molecule has 2 N–H and O–H groups in total. The standard InChI is InChI=1S/C16H26N4O3/c1-16(2,3)23-15(21)20-7-5-11(9-20)22-14-12-8-17-6-4-13(12)18-10-19-14/h10-11,15,17,21H,4-9H2,1-3H3. The summed E-state index contributed by atoms with van der Waals surface area (Å²) in [7, 11) is 0. The summed E-state index contributed by atoms with van der Waals surface area (Å²) in [6.07, 6.45) is 2.43. The molecule has 1 saturated heterocycles. The second kappa shape index (κ2) is 6.68. The molecule has 0 radical (unpaired) electrons. The molecule has 2 aliphatic rings. The Morgan fingerprint density at radius 3 is 3.00 bits per heavy atom. The Hall–Kier alpha value is -1.28. The number of aromatic nitrogens is 2. The van der Waals surface area contributed by atoms with Gasteiger partial charge in [0.15, 0.2) is 0 Å². The maximum absolute atomic E-state index is 10.2. The maximum atomic E-state index is 10.2. The lowest BCUT2D eigenvalue weighted by molar-refractivity contribution is -0.234. The lowest BCUT2D eigenvalue weighted by Crippen LogP contribution is -2.41. The minimum atomic E-state index is -0.899. The van der Waals surface area contributed by atoms with E-state index in [2.05, 4.69) is 15.3 Å². The molecular formula is C16H26N4O3. The van der Waals surface area contributed by atoms with Crippen LogP contribution >= 0.6 is 0 Å². The van der Waals surface area contributed by atoms with Gasteiger partial charge in [0.05, 0.1) is 11.3 Å². The number of hydrogen-bond donors (Lipinski definition) is 2. The van der Waals surface area contributed by atoms with Crippen LogP contribution in [0.25, 0.3) is 0 Å². The van der Waals surface area contributed by atoms with Gasteiger partial charge in [0.1, 0.15) is 12.4 Å². The van der Waals surface area contributed by atoms with Gasteiger partial charge in [-0.2, -0.15) is 0 Å². The fourth-order valence-corrected chi connectivity index (χ4v) is 2.94. The summed E-state index contributed by atoms with van der Waals surface area (Å²) in [5.74, 6) is 0.667. The van der Waals surface area contributed by atoms with E-state index in [0.717, 1.165) is 43.7 Å². The average molecular weight is 322 g/mol. The number of fused-ring (bicyclic) bond motifs is 1. The summed E-state index contributed by atoms with van der Waals surface area (Å²) in [5.41, 5.74) is 1.75. The molecule has 1 fully saturated rings. The van der Waals surface area contributed by atoms with Crippen LogP contribution in [0.3, 0.4) is 0 Å². The second-order valence-corrected chi connectivity index (χ2v) is 7.11. The molecule has 2 unspecified atom stereocenters. The number of nitrogens with zero attached hydrogens (tertiary/aromatic N) is 3. The largest absolute Gasteiger partial charge is 0.473 e. The van der Waals surface area contributed by atoms with E-state index in [4.69, 9.17) is 9.47 Å². The zero-order valence-electron chi connectivity index (χ0n) is 14.1. The Morgan fingerprint density at radius 1 is 1.39 bits per heavy atom. The Labute approximate surface area is 137 Å². The van der Waals surface area contributed by atoms with Gasteiger partial charge < -0.3 is 19.9 Å². The fraction of sp³-hybridized carbons (Fsp3) is 0.750. The predicted octanol–water partition coefficient (Wildman–Crippen LogP) is 0.666. The first kappa shape index (κ1) is 16.6. The first-order valence-corrected chi connectivity index (χ1v) is 8.22. The van der Waals surface area contributed by atoms with Crippen molar-refractivity contribution in [2.45, 2.75) is 58.3 Å². The molecule has 1 aromatic rings. The zero-order chi connectivity index (χ0) is 16.4. The predicted molar refractivity (Wildman–Crippen MR) is 84.9 cm³/mol. The Balaban J connectivity index is 1.60. The number of likely N-dealkylation sites (tertiary alicyclic amines) is 1. The molecule has 0 aromatic carbocycles. The van der Waals surface area contributed by atoms with Crippen molar-refractivity contribution < 1.29 is 14.6 Å². The molecule has 1 aromatic heterocycles. The van der Waals surface area contributed by atoms with Crippen LogP contribution in [0, 0.1) is 0 Å². The van der Waals surface area contributed by atoms with Crippen LogP contribution in [0.5, 0.6) is 5.88 Å². The lowest BCUT2D eigenvalue weighted by atomic mass is 10.1. The van der Waals surface area contributed by atoms with Crippen molar-refractivity contribution in [3.63, 3.8) is 0 Å². The zero-order valence-corrected chi connectivity index (χ0v) is 14.1. The molecule has 7 nitrogen and oxygen atoms in total. The molecule has 0 saturated carbocycles. The van der Waals surface area contributed by atoms with Gasteiger partial charge in [-0.05, 0) is 27.2 Å². The van der Waals surface area contributed by atoms with E-state index < -0.39 is 6.41 Å². The van der Waals surface area contributed by atoms with Gasteiger partial charge in [0.2, 0.25) is 12.3 Å². The van der Waals surface area contributed by atoms with Crippen molar-refractivity contribution in [2.75, 3.05) is 19.6 Å². The molecule has 0 spiro atoms. The van der Waals surface area contributed by atoms with E-state index in [1.807, 2.05) is 25.7 Å². The molecule has 0 bridgehead atoms. The number of hydrogen-bond acceptors (Lipinski definition) is 7. The normalized spacial score (nSPS) is 23.6. The Kier molecular flexibility index (Phi) is 4.82. The van der Waals surface area contributed by atoms with Gasteiger partial charge in [-0.25, -0.2) is 9.97 Å². The van der Waals surface area contributed by atoms with Crippen LogP contribution in [0.1, 0.15) is 38.4 Å². The number of aliphatic hydroxyl groups excluding tert-OH is 1. The molecule has 3 rings (SSSR count).